The predicted molar refractivity (Wildman–Crippen MR) is 101 cm³/mol. The maximum atomic E-state index is 6.08. The molecule has 1 fully saturated rings. The minimum Gasteiger partial charge on any atom is -0.377 e. The average molecular weight is 345 g/mol. The summed E-state index contributed by atoms with van der Waals surface area (Å²) in [6, 6.07) is 16.3. The Morgan fingerprint density at radius 2 is 2.08 bits per heavy atom. The molecule has 0 radical (unpaired) electrons. The normalized spacial score (nSPS) is 17.4. The number of likely N-dealkylation sites (N-methyl/N-ethyl adjacent to an activating group) is 1. The lowest BCUT2D eigenvalue weighted by Gasteiger charge is -2.21. The number of halogens is 1. The Kier molecular flexibility index (Phi) is 6.13. The highest BCUT2D eigenvalue weighted by Gasteiger charge is 2.17. The molecule has 4 heteroatoms. The van der Waals surface area contributed by atoms with Crippen LogP contribution >= 0.6 is 11.6 Å². The largest absolute Gasteiger partial charge is 0.377 e. The molecular formula is C20H25ClN2O. The van der Waals surface area contributed by atoms with E-state index in [2.05, 4.69) is 41.5 Å². The fraction of sp³-hybridized carbons (Fsp3) is 0.400. The van der Waals surface area contributed by atoms with Gasteiger partial charge in [0.15, 0.2) is 0 Å². The van der Waals surface area contributed by atoms with Gasteiger partial charge in [0.1, 0.15) is 0 Å². The minimum atomic E-state index is 0.412. The van der Waals surface area contributed by atoms with Gasteiger partial charge in [0.2, 0.25) is 0 Å². The molecule has 2 aromatic carbocycles. The van der Waals surface area contributed by atoms with E-state index in [1.165, 1.54) is 18.4 Å². The number of nitrogens with zero attached hydrogens (tertiary/aromatic N) is 1. The molecule has 0 aliphatic carbocycles. The molecule has 0 saturated carbocycles. The second kappa shape index (κ2) is 8.52. The van der Waals surface area contributed by atoms with E-state index in [1.54, 1.807) is 0 Å². The maximum Gasteiger partial charge on any atom is 0.0702 e. The zero-order valence-electron chi connectivity index (χ0n) is 14.2. The van der Waals surface area contributed by atoms with Crippen molar-refractivity contribution < 1.29 is 4.74 Å². The van der Waals surface area contributed by atoms with Crippen LogP contribution < -0.4 is 5.32 Å². The van der Waals surface area contributed by atoms with Gasteiger partial charge in [-0.15, -0.1) is 0 Å². The highest BCUT2D eigenvalue weighted by Crippen LogP contribution is 2.23. The van der Waals surface area contributed by atoms with Gasteiger partial charge >= 0.3 is 0 Å². The summed E-state index contributed by atoms with van der Waals surface area (Å²) in [4.78, 5) is 2.37. The summed E-state index contributed by atoms with van der Waals surface area (Å²) in [6.45, 7) is 2.96. The van der Waals surface area contributed by atoms with Crippen molar-refractivity contribution >= 4 is 23.0 Å². The Balaban J connectivity index is 1.59. The number of hydrogen-bond acceptors (Lipinski definition) is 3. The number of anilines is 2. The summed E-state index contributed by atoms with van der Waals surface area (Å²) in [7, 11) is 2.18. The molecule has 1 unspecified atom stereocenters. The number of rotatable bonds is 7. The molecular weight excluding hydrogens is 320 g/mol. The highest BCUT2D eigenvalue weighted by atomic mass is 35.5. The van der Waals surface area contributed by atoms with Crippen molar-refractivity contribution in [1.29, 1.82) is 0 Å². The summed E-state index contributed by atoms with van der Waals surface area (Å²) < 4.78 is 5.72. The third-order valence-corrected chi connectivity index (χ3v) is 4.66. The van der Waals surface area contributed by atoms with E-state index in [9.17, 15) is 0 Å². The van der Waals surface area contributed by atoms with E-state index in [4.69, 9.17) is 16.3 Å². The molecule has 1 aliphatic rings. The topological polar surface area (TPSA) is 24.5 Å². The summed E-state index contributed by atoms with van der Waals surface area (Å²) in [5.41, 5.74) is 3.48. The van der Waals surface area contributed by atoms with E-state index in [0.29, 0.717) is 6.10 Å². The lowest BCUT2D eigenvalue weighted by Crippen LogP contribution is -2.30. The first kappa shape index (κ1) is 17.3. The Hall–Kier alpha value is -1.55. The standard InChI is InChI=1S/C20H25ClN2O/c1-23(15-19-9-5-13-24-19)12-11-16-6-2-3-10-20(16)22-18-8-4-7-17(21)14-18/h2-4,6-8,10,14,19,22H,5,9,11-13,15H2,1H3. The molecule has 0 spiro atoms. The van der Waals surface area contributed by atoms with Crippen molar-refractivity contribution in [2.45, 2.75) is 25.4 Å². The van der Waals surface area contributed by atoms with Gasteiger partial charge in [-0.2, -0.15) is 0 Å². The number of benzene rings is 2. The monoisotopic (exact) mass is 344 g/mol. The number of nitrogens with one attached hydrogen (secondary N) is 1. The molecule has 0 bridgehead atoms. The van der Waals surface area contributed by atoms with Crippen LogP contribution in [0, 0.1) is 0 Å². The minimum absolute atomic E-state index is 0.412. The molecule has 1 saturated heterocycles. The summed E-state index contributed by atoms with van der Waals surface area (Å²) in [6.07, 6.45) is 3.81. The number of para-hydroxylation sites is 1. The van der Waals surface area contributed by atoms with Crippen molar-refractivity contribution in [1.82, 2.24) is 4.90 Å². The van der Waals surface area contributed by atoms with Gasteiger partial charge in [0, 0.05) is 36.1 Å². The van der Waals surface area contributed by atoms with Crippen LogP contribution in [0.2, 0.25) is 5.02 Å². The van der Waals surface area contributed by atoms with E-state index in [-0.39, 0.29) is 0 Å². The van der Waals surface area contributed by atoms with E-state index in [0.717, 1.165) is 42.5 Å². The van der Waals surface area contributed by atoms with Gasteiger partial charge < -0.3 is 15.0 Å². The molecule has 2 aromatic rings. The van der Waals surface area contributed by atoms with E-state index >= 15 is 0 Å². The lowest BCUT2D eigenvalue weighted by atomic mass is 10.1. The van der Waals surface area contributed by atoms with Gasteiger partial charge in [-0.05, 0) is 56.1 Å². The molecule has 128 valence electrons. The summed E-state index contributed by atoms with van der Waals surface area (Å²) >= 11 is 6.08. The summed E-state index contributed by atoms with van der Waals surface area (Å²) in [5.74, 6) is 0. The Labute approximate surface area is 149 Å². The van der Waals surface area contributed by atoms with E-state index < -0.39 is 0 Å². The first-order valence-corrected chi connectivity index (χ1v) is 8.99. The summed E-state index contributed by atoms with van der Waals surface area (Å²) in [5, 5.41) is 4.23. The van der Waals surface area contributed by atoms with Crippen molar-refractivity contribution in [3.8, 4) is 0 Å². The third-order valence-electron chi connectivity index (χ3n) is 4.42. The SMILES string of the molecule is CN(CCc1ccccc1Nc1cccc(Cl)c1)CC1CCCO1. The van der Waals surface area contributed by atoms with Crippen LogP contribution in [-0.4, -0.2) is 37.7 Å². The first-order chi connectivity index (χ1) is 11.7. The fourth-order valence-corrected chi connectivity index (χ4v) is 3.31. The molecule has 3 rings (SSSR count). The molecule has 24 heavy (non-hydrogen) atoms. The van der Waals surface area contributed by atoms with Crippen LogP contribution in [0.5, 0.6) is 0 Å². The quantitative estimate of drug-likeness (QED) is 0.785. The van der Waals surface area contributed by atoms with Gasteiger partial charge in [0.05, 0.1) is 6.10 Å². The molecule has 1 aliphatic heterocycles. The molecule has 3 nitrogen and oxygen atoms in total. The first-order valence-electron chi connectivity index (χ1n) is 8.61. The van der Waals surface area contributed by atoms with Crippen LogP contribution in [-0.2, 0) is 11.2 Å². The average Bonchev–Trinajstić information content (AvgIpc) is 3.07. The van der Waals surface area contributed by atoms with Gasteiger partial charge in [-0.1, -0.05) is 35.9 Å². The van der Waals surface area contributed by atoms with Crippen LogP contribution in [0.15, 0.2) is 48.5 Å². The highest BCUT2D eigenvalue weighted by molar-refractivity contribution is 6.30. The third kappa shape index (κ3) is 4.97. The lowest BCUT2D eigenvalue weighted by molar-refractivity contribution is 0.0816. The smallest absolute Gasteiger partial charge is 0.0702 e. The van der Waals surface area contributed by atoms with Crippen LogP contribution in [0.25, 0.3) is 0 Å². The van der Waals surface area contributed by atoms with Gasteiger partial charge in [0.25, 0.3) is 0 Å². The zero-order chi connectivity index (χ0) is 16.8. The predicted octanol–water partition coefficient (Wildman–Crippen LogP) is 4.74. The van der Waals surface area contributed by atoms with Crippen LogP contribution in [0.3, 0.4) is 0 Å². The van der Waals surface area contributed by atoms with Crippen molar-refractivity contribution in [3.63, 3.8) is 0 Å². The second-order valence-corrected chi connectivity index (χ2v) is 6.88. The Morgan fingerprint density at radius 3 is 2.88 bits per heavy atom. The fourth-order valence-electron chi connectivity index (χ4n) is 3.12. The molecule has 1 N–H and O–H groups in total. The number of ether oxygens (including phenoxy) is 1. The zero-order valence-corrected chi connectivity index (χ0v) is 14.9. The van der Waals surface area contributed by atoms with Crippen molar-refractivity contribution in [2.75, 3.05) is 32.1 Å². The second-order valence-electron chi connectivity index (χ2n) is 6.44. The van der Waals surface area contributed by atoms with Crippen LogP contribution in [0.1, 0.15) is 18.4 Å². The van der Waals surface area contributed by atoms with E-state index in [1.807, 2.05) is 24.3 Å². The number of hydrogen-bond donors (Lipinski definition) is 1. The molecule has 0 aromatic heterocycles. The van der Waals surface area contributed by atoms with Crippen LogP contribution in [0.4, 0.5) is 11.4 Å². The van der Waals surface area contributed by atoms with Crippen molar-refractivity contribution in [3.05, 3.63) is 59.1 Å². The molecule has 1 heterocycles. The molecule has 0 amide bonds. The Morgan fingerprint density at radius 1 is 1.21 bits per heavy atom. The Bertz CT molecular complexity index is 656. The van der Waals surface area contributed by atoms with Gasteiger partial charge in [-0.3, -0.25) is 0 Å². The maximum absolute atomic E-state index is 6.08. The molecule has 1 atom stereocenters. The van der Waals surface area contributed by atoms with Crippen molar-refractivity contribution in [2.24, 2.45) is 0 Å². The van der Waals surface area contributed by atoms with Gasteiger partial charge in [-0.25, -0.2) is 0 Å².